The topological polar surface area (TPSA) is 73.2 Å². The number of carbonyl (C=O) groups is 2. The minimum atomic E-state index is -1.96. The molecule has 0 aromatic carbocycles. The molecule has 2 heterocycles. The molecule has 140 valence electrons. The molecule has 1 aliphatic rings. The molecule has 1 N–H and O–H groups in total. The first kappa shape index (κ1) is 19.8. The molecule has 1 saturated heterocycles. The average molecular weight is 366 g/mol. The second kappa shape index (κ2) is 6.68. The van der Waals surface area contributed by atoms with Gasteiger partial charge in [-0.3, -0.25) is 14.3 Å². The third kappa shape index (κ3) is 4.03. The summed E-state index contributed by atoms with van der Waals surface area (Å²) in [6, 6.07) is 1.61. The van der Waals surface area contributed by atoms with E-state index < -0.39 is 8.32 Å². The zero-order valence-electron chi connectivity index (χ0n) is 16.6. The van der Waals surface area contributed by atoms with Gasteiger partial charge in [0.2, 0.25) is 5.91 Å². The number of aromatic nitrogens is 2. The van der Waals surface area contributed by atoms with Crippen LogP contribution < -0.4 is 5.32 Å². The maximum Gasteiger partial charge on any atom is 0.228 e. The summed E-state index contributed by atoms with van der Waals surface area (Å²) in [4.78, 5) is 24.6. The molecule has 1 aliphatic heterocycles. The van der Waals surface area contributed by atoms with Crippen LogP contribution in [0.1, 0.15) is 50.3 Å². The maximum absolute atomic E-state index is 12.5. The highest BCUT2D eigenvalue weighted by molar-refractivity contribution is 6.74. The highest BCUT2D eigenvalue weighted by atomic mass is 28.4. The highest BCUT2D eigenvalue weighted by Crippen LogP contribution is 2.39. The number of nitrogens with zero attached hydrogens (tertiary/aromatic N) is 2. The van der Waals surface area contributed by atoms with Gasteiger partial charge in [-0.2, -0.15) is 5.10 Å². The average Bonchev–Trinajstić information content (AvgIpc) is 2.75. The third-order valence-corrected chi connectivity index (χ3v) is 10.2. The summed E-state index contributed by atoms with van der Waals surface area (Å²) in [5.41, 5.74) is 1.39. The van der Waals surface area contributed by atoms with E-state index >= 15 is 0 Å². The molecule has 7 heteroatoms. The van der Waals surface area contributed by atoms with Crippen LogP contribution in [0.5, 0.6) is 0 Å². The molecule has 0 radical (unpaired) electrons. The van der Waals surface area contributed by atoms with Crippen molar-refractivity contribution in [1.82, 2.24) is 15.1 Å². The Hall–Kier alpha value is -1.47. The quantitative estimate of drug-likeness (QED) is 0.478. The molecular formula is C18H31N3O3Si. The minimum absolute atomic E-state index is 0.0267. The van der Waals surface area contributed by atoms with E-state index in [2.05, 4.69) is 44.3 Å². The fourth-order valence-corrected chi connectivity index (χ4v) is 4.32. The van der Waals surface area contributed by atoms with Gasteiger partial charge < -0.3 is 9.74 Å². The summed E-state index contributed by atoms with van der Waals surface area (Å²) in [5.74, 6) is -0.345. The van der Waals surface area contributed by atoms with Crippen molar-refractivity contribution in [1.29, 1.82) is 0 Å². The van der Waals surface area contributed by atoms with Crippen molar-refractivity contribution in [3.63, 3.8) is 0 Å². The van der Waals surface area contributed by atoms with Crippen molar-refractivity contribution in [2.24, 2.45) is 13.0 Å². The number of nitrogens with one attached hydrogen (secondary N) is 1. The molecule has 3 atom stereocenters. The summed E-state index contributed by atoms with van der Waals surface area (Å²) in [6.45, 7) is 14.7. The van der Waals surface area contributed by atoms with Gasteiger partial charge in [-0.25, -0.2) is 0 Å². The van der Waals surface area contributed by atoms with E-state index in [1.807, 2.05) is 20.9 Å². The molecule has 6 nitrogen and oxygen atoms in total. The van der Waals surface area contributed by atoms with E-state index in [4.69, 9.17) is 4.43 Å². The van der Waals surface area contributed by atoms with Crippen LogP contribution in [-0.4, -0.2) is 41.9 Å². The van der Waals surface area contributed by atoms with E-state index in [-0.39, 0.29) is 41.2 Å². The van der Waals surface area contributed by atoms with Gasteiger partial charge in [-0.05, 0) is 38.0 Å². The number of amides is 1. The Morgan fingerprint density at radius 1 is 1.44 bits per heavy atom. The lowest BCUT2D eigenvalue weighted by atomic mass is 9.83. The molecule has 0 bridgehead atoms. The standard InChI is InChI=1S/C18H31N3O3Si/c1-11-9-13(20-21(11)6)15(22)10-14-16(17(23)19-14)12(2)24-25(7,8)18(3,4)5/h9,12,14,16H,10H2,1-8H3,(H,19,23)/t12-,14-,16-/m1/s1. The van der Waals surface area contributed by atoms with E-state index in [1.165, 1.54) is 0 Å². The number of ketones is 1. The highest BCUT2D eigenvalue weighted by Gasteiger charge is 2.48. The van der Waals surface area contributed by atoms with Crippen LogP contribution in [0.3, 0.4) is 0 Å². The van der Waals surface area contributed by atoms with Crippen molar-refractivity contribution >= 4 is 20.0 Å². The SMILES string of the molecule is Cc1cc(C(=O)C[C@H]2NC(=O)[C@@H]2[C@@H](C)O[Si](C)(C)C(C)(C)C)nn1C. The summed E-state index contributed by atoms with van der Waals surface area (Å²) in [7, 11) is -0.146. The number of β-lactam (4-membered cyclic amide) rings is 1. The van der Waals surface area contributed by atoms with Gasteiger partial charge in [0.05, 0.1) is 18.1 Å². The Morgan fingerprint density at radius 2 is 2.04 bits per heavy atom. The Morgan fingerprint density at radius 3 is 2.48 bits per heavy atom. The first-order valence-corrected chi connectivity index (χ1v) is 11.8. The summed E-state index contributed by atoms with van der Waals surface area (Å²) < 4.78 is 8.05. The predicted octanol–water partition coefficient (Wildman–Crippen LogP) is 2.83. The van der Waals surface area contributed by atoms with Gasteiger partial charge in [0, 0.05) is 19.2 Å². The van der Waals surface area contributed by atoms with Crippen LogP contribution in [-0.2, 0) is 16.3 Å². The molecule has 0 spiro atoms. The number of Topliss-reactive ketones (excluding diaryl/α,β-unsaturated/α-hetero) is 1. The predicted molar refractivity (Wildman–Crippen MR) is 100 cm³/mol. The van der Waals surface area contributed by atoms with Crippen molar-refractivity contribution < 1.29 is 14.0 Å². The Balaban J connectivity index is 2.03. The molecule has 0 saturated carbocycles. The fourth-order valence-electron chi connectivity index (χ4n) is 2.89. The lowest BCUT2D eigenvalue weighted by molar-refractivity contribution is -0.139. The Labute approximate surface area is 151 Å². The van der Waals surface area contributed by atoms with E-state index in [0.717, 1.165) is 5.69 Å². The van der Waals surface area contributed by atoms with Crippen LogP contribution in [0.2, 0.25) is 18.1 Å². The smallest absolute Gasteiger partial charge is 0.228 e. The molecule has 1 aromatic heterocycles. The second-order valence-electron chi connectivity index (χ2n) is 8.65. The molecule has 1 fully saturated rings. The van der Waals surface area contributed by atoms with E-state index in [0.29, 0.717) is 5.69 Å². The van der Waals surface area contributed by atoms with E-state index in [1.54, 1.807) is 10.7 Å². The molecule has 0 aliphatic carbocycles. The van der Waals surface area contributed by atoms with Gasteiger partial charge >= 0.3 is 0 Å². The van der Waals surface area contributed by atoms with Crippen molar-refractivity contribution in [2.75, 3.05) is 0 Å². The van der Waals surface area contributed by atoms with Crippen LogP contribution in [0.4, 0.5) is 0 Å². The molecule has 25 heavy (non-hydrogen) atoms. The molecule has 1 amide bonds. The van der Waals surface area contributed by atoms with Gasteiger partial charge in [0.1, 0.15) is 5.69 Å². The number of hydrogen-bond donors (Lipinski definition) is 1. The zero-order valence-corrected chi connectivity index (χ0v) is 17.6. The van der Waals surface area contributed by atoms with Crippen LogP contribution >= 0.6 is 0 Å². The lowest BCUT2D eigenvalue weighted by Gasteiger charge is -2.45. The Bertz CT molecular complexity index is 656. The van der Waals surface area contributed by atoms with Gasteiger partial charge in [0.15, 0.2) is 14.1 Å². The summed E-state index contributed by atoms with van der Waals surface area (Å²) in [5, 5.41) is 7.18. The van der Waals surface area contributed by atoms with Crippen LogP contribution in [0.15, 0.2) is 6.07 Å². The second-order valence-corrected chi connectivity index (χ2v) is 13.4. The fraction of sp³-hybridized carbons (Fsp3) is 0.722. The number of hydrogen-bond acceptors (Lipinski definition) is 4. The number of aryl methyl sites for hydroxylation is 2. The van der Waals surface area contributed by atoms with Crippen molar-refractivity contribution in [3.8, 4) is 0 Å². The molecule has 0 unspecified atom stereocenters. The normalized spacial score (nSPS) is 22.3. The largest absolute Gasteiger partial charge is 0.413 e. The van der Waals surface area contributed by atoms with Crippen molar-refractivity contribution in [3.05, 3.63) is 17.5 Å². The molecular weight excluding hydrogens is 334 g/mol. The third-order valence-electron chi connectivity index (χ3n) is 5.66. The van der Waals surface area contributed by atoms with Gasteiger partial charge in [-0.1, -0.05) is 20.8 Å². The first-order chi connectivity index (χ1) is 11.3. The van der Waals surface area contributed by atoms with Gasteiger partial charge in [0.25, 0.3) is 0 Å². The van der Waals surface area contributed by atoms with Crippen LogP contribution in [0, 0.1) is 12.8 Å². The lowest BCUT2D eigenvalue weighted by Crippen LogP contribution is -2.64. The van der Waals surface area contributed by atoms with Crippen LogP contribution in [0.25, 0.3) is 0 Å². The maximum atomic E-state index is 12.5. The Kier molecular flexibility index (Phi) is 5.30. The first-order valence-electron chi connectivity index (χ1n) is 8.85. The monoisotopic (exact) mass is 365 g/mol. The number of rotatable bonds is 6. The summed E-state index contributed by atoms with van der Waals surface area (Å²) >= 11 is 0. The van der Waals surface area contributed by atoms with Crippen molar-refractivity contribution in [2.45, 2.75) is 71.3 Å². The van der Waals surface area contributed by atoms with E-state index in [9.17, 15) is 9.59 Å². The molecule has 1 aromatic rings. The summed E-state index contributed by atoms with van der Waals surface area (Å²) in [6.07, 6.45) is 0.0656. The van der Waals surface area contributed by atoms with Gasteiger partial charge in [-0.15, -0.1) is 0 Å². The molecule has 2 rings (SSSR count). The number of carbonyl (C=O) groups excluding carboxylic acids is 2. The zero-order chi connectivity index (χ0) is 19.2. The minimum Gasteiger partial charge on any atom is -0.413 e.